The number of rotatable bonds is 1. The van der Waals surface area contributed by atoms with E-state index < -0.39 is 11.6 Å². The van der Waals surface area contributed by atoms with Crippen molar-refractivity contribution in [2.24, 2.45) is 23.7 Å². The monoisotopic (exact) mass is 292 g/mol. The molecule has 2 aromatic rings. The fraction of sp³-hybridized carbons (Fsp3) is 0.533. The molecule has 104 valence electrons. The molecule has 1 N–H and O–H groups in total. The minimum absolute atomic E-state index is 0.291. The van der Waals surface area contributed by atoms with Gasteiger partial charge < -0.3 is 9.55 Å². The second-order valence-corrected chi connectivity index (χ2v) is 6.92. The molecule has 0 radical (unpaired) electrons. The number of hydrogen-bond donors (Lipinski definition) is 1. The lowest BCUT2D eigenvalue weighted by Gasteiger charge is -2.11. The van der Waals surface area contributed by atoms with Gasteiger partial charge in [-0.05, 0) is 67.3 Å². The molecule has 20 heavy (non-hydrogen) atoms. The number of aromatic nitrogens is 2. The van der Waals surface area contributed by atoms with Gasteiger partial charge in [0.15, 0.2) is 16.4 Å². The average Bonchev–Trinajstić information content (AvgIpc) is 2.77. The van der Waals surface area contributed by atoms with Gasteiger partial charge in [0, 0.05) is 6.04 Å². The Labute approximate surface area is 119 Å². The summed E-state index contributed by atoms with van der Waals surface area (Å²) in [6.45, 7) is 0. The summed E-state index contributed by atoms with van der Waals surface area (Å²) >= 11 is 5.37. The number of benzene rings is 1. The molecule has 2 nitrogen and oxygen atoms in total. The number of H-pyrrole nitrogens is 1. The van der Waals surface area contributed by atoms with E-state index in [2.05, 4.69) is 4.98 Å². The first-order valence-corrected chi connectivity index (χ1v) is 7.66. The Balaban J connectivity index is 1.72. The molecule has 3 saturated carbocycles. The number of imidazole rings is 1. The van der Waals surface area contributed by atoms with Crippen LogP contribution < -0.4 is 0 Å². The van der Waals surface area contributed by atoms with Crippen molar-refractivity contribution in [1.82, 2.24) is 9.55 Å². The lowest BCUT2D eigenvalue weighted by molar-refractivity contribution is 0.451. The van der Waals surface area contributed by atoms with Crippen LogP contribution in [0.4, 0.5) is 8.78 Å². The van der Waals surface area contributed by atoms with Gasteiger partial charge in [0.05, 0.1) is 5.52 Å². The van der Waals surface area contributed by atoms with Crippen LogP contribution in [0.15, 0.2) is 12.1 Å². The maximum Gasteiger partial charge on any atom is 0.184 e. The summed E-state index contributed by atoms with van der Waals surface area (Å²) in [7, 11) is 0. The summed E-state index contributed by atoms with van der Waals surface area (Å²) in [5.74, 6) is 1.27. The Bertz CT molecular complexity index is 777. The van der Waals surface area contributed by atoms with Crippen LogP contribution in [0.25, 0.3) is 11.0 Å². The zero-order chi connectivity index (χ0) is 13.6. The Kier molecular flexibility index (Phi) is 2.00. The third-order valence-electron chi connectivity index (χ3n) is 5.76. The predicted molar refractivity (Wildman–Crippen MR) is 73.9 cm³/mol. The molecule has 0 spiro atoms. The van der Waals surface area contributed by atoms with Crippen molar-refractivity contribution in [2.45, 2.75) is 25.3 Å². The summed E-state index contributed by atoms with van der Waals surface area (Å²) in [4.78, 5) is 3.03. The largest absolute Gasteiger partial charge is 0.330 e. The van der Waals surface area contributed by atoms with E-state index >= 15 is 0 Å². The molecule has 0 aliphatic heterocycles. The fourth-order valence-corrected chi connectivity index (χ4v) is 5.38. The van der Waals surface area contributed by atoms with Crippen molar-refractivity contribution < 1.29 is 8.78 Å². The molecule has 0 saturated heterocycles. The van der Waals surface area contributed by atoms with Crippen molar-refractivity contribution in [3.05, 3.63) is 28.5 Å². The molecule has 0 amide bonds. The Morgan fingerprint density at radius 3 is 2.55 bits per heavy atom. The van der Waals surface area contributed by atoms with Crippen LogP contribution >= 0.6 is 12.2 Å². The van der Waals surface area contributed by atoms with Gasteiger partial charge in [0.25, 0.3) is 0 Å². The zero-order valence-electron chi connectivity index (χ0n) is 10.8. The highest BCUT2D eigenvalue weighted by molar-refractivity contribution is 7.71. The topological polar surface area (TPSA) is 20.7 Å². The van der Waals surface area contributed by atoms with E-state index in [0.717, 1.165) is 17.9 Å². The Morgan fingerprint density at radius 2 is 1.85 bits per heavy atom. The third kappa shape index (κ3) is 1.21. The SMILES string of the molecule is Fc1ccc2[nH]c(=S)n(C3C4C5CCC(C5)C43)c2c1F. The number of fused-ring (bicyclic) bond motifs is 6. The molecule has 5 heteroatoms. The van der Waals surface area contributed by atoms with Crippen molar-refractivity contribution in [1.29, 1.82) is 0 Å². The summed E-state index contributed by atoms with van der Waals surface area (Å²) in [5.41, 5.74) is 0.931. The van der Waals surface area contributed by atoms with Crippen LogP contribution in [-0.2, 0) is 0 Å². The lowest BCUT2D eigenvalue weighted by atomic mass is 10.0. The van der Waals surface area contributed by atoms with E-state index in [1.807, 2.05) is 4.57 Å². The minimum atomic E-state index is -0.797. The van der Waals surface area contributed by atoms with Crippen LogP contribution in [0, 0.1) is 40.1 Å². The van der Waals surface area contributed by atoms with Crippen LogP contribution in [0.3, 0.4) is 0 Å². The summed E-state index contributed by atoms with van der Waals surface area (Å²) in [6.07, 6.45) is 3.93. The van der Waals surface area contributed by atoms with Gasteiger partial charge in [-0.3, -0.25) is 0 Å². The van der Waals surface area contributed by atoms with Gasteiger partial charge >= 0.3 is 0 Å². The average molecular weight is 292 g/mol. The van der Waals surface area contributed by atoms with Crippen molar-refractivity contribution >= 4 is 23.3 Å². The molecule has 3 aliphatic carbocycles. The molecular weight excluding hydrogens is 278 g/mol. The highest BCUT2D eigenvalue weighted by atomic mass is 32.1. The molecule has 1 heterocycles. The van der Waals surface area contributed by atoms with E-state index in [4.69, 9.17) is 12.2 Å². The number of aromatic amines is 1. The number of nitrogens with zero attached hydrogens (tertiary/aromatic N) is 1. The van der Waals surface area contributed by atoms with Gasteiger partial charge in [0.1, 0.15) is 5.52 Å². The first-order valence-electron chi connectivity index (χ1n) is 7.25. The molecule has 1 aromatic heterocycles. The van der Waals surface area contributed by atoms with E-state index in [1.54, 1.807) is 6.07 Å². The van der Waals surface area contributed by atoms with E-state index in [9.17, 15) is 8.78 Å². The molecule has 2 bridgehead atoms. The molecule has 3 aliphatic rings. The van der Waals surface area contributed by atoms with Gasteiger partial charge in [-0.15, -0.1) is 0 Å². The molecular formula is C15H14F2N2S. The first kappa shape index (κ1) is 11.4. The zero-order valence-corrected chi connectivity index (χ0v) is 11.6. The van der Waals surface area contributed by atoms with Crippen LogP contribution in [0.5, 0.6) is 0 Å². The summed E-state index contributed by atoms with van der Waals surface area (Å²) < 4.78 is 30.1. The fourth-order valence-electron chi connectivity index (χ4n) is 5.06. The molecule has 5 rings (SSSR count). The maximum atomic E-state index is 14.2. The van der Waals surface area contributed by atoms with Gasteiger partial charge in [-0.25, -0.2) is 8.78 Å². The second kappa shape index (κ2) is 3.50. The van der Waals surface area contributed by atoms with Crippen LogP contribution in [0.1, 0.15) is 25.3 Å². The minimum Gasteiger partial charge on any atom is -0.330 e. The smallest absolute Gasteiger partial charge is 0.184 e. The van der Waals surface area contributed by atoms with Crippen LogP contribution in [-0.4, -0.2) is 9.55 Å². The van der Waals surface area contributed by atoms with Crippen molar-refractivity contribution in [3.8, 4) is 0 Å². The maximum absolute atomic E-state index is 14.2. The van der Waals surface area contributed by atoms with Gasteiger partial charge in [-0.2, -0.15) is 0 Å². The predicted octanol–water partition coefficient (Wildman–Crippen LogP) is 4.19. The molecule has 4 unspecified atom stereocenters. The Hall–Kier alpha value is -1.23. The van der Waals surface area contributed by atoms with E-state index in [0.29, 0.717) is 33.7 Å². The summed E-state index contributed by atoms with van der Waals surface area (Å²) in [6, 6.07) is 3.02. The van der Waals surface area contributed by atoms with Crippen LogP contribution in [0.2, 0.25) is 0 Å². The summed E-state index contributed by atoms with van der Waals surface area (Å²) in [5, 5.41) is 0. The van der Waals surface area contributed by atoms with E-state index in [-0.39, 0.29) is 0 Å². The second-order valence-electron chi connectivity index (χ2n) is 6.54. The first-order chi connectivity index (χ1) is 9.66. The highest BCUT2D eigenvalue weighted by Crippen LogP contribution is 2.71. The third-order valence-corrected chi connectivity index (χ3v) is 6.06. The molecule has 3 fully saturated rings. The van der Waals surface area contributed by atoms with Gasteiger partial charge in [-0.1, -0.05) is 0 Å². The normalized spacial score (nSPS) is 37.6. The number of halogens is 2. The highest BCUT2D eigenvalue weighted by Gasteiger charge is 2.66. The molecule has 4 atom stereocenters. The van der Waals surface area contributed by atoms with Crippen molar-refractivity contribution in [3.63, 3.8) is 0 Å². The van der Waals surface area contributed by atoms with Crippen molar-refractivity contribution in [2.75, 3.05) is 0 Å². The van der Waals surface area contributed by atoms with E-state index in [1.165, 1.54) is 19.3 Å². The van der Waals surface area contributed by atoms with Gasteiger partial charge in [0.2, 0.25) is 0 Å². The standard InChI is InChI=1S/C15H14F2N2S/c16-8-3-4-9-13(12(8)17)19(15(20)18-9)14-10-6-1-2-7(5-6)11(10)14/h3-4,6-7,10-11,14H,1-2,5H2,(H,18,20). The Morgan fingerprint density at radius 1 is 1.15 bits per heavy atom. The lowest BCUT2D eigenvalue weighted by Crippen LogP contribution is -2.06. The molecule has 1 aromatic carbocycles. The number of hydrogen-bond acceptors (Lipinski definition) is 1. The number of nitrogens with one attached hydrogen (secondary N) is 1. The quantitative estimate of drug-likeness (QED) is 0.781.